The Morgan fingerprint density at radius 1 is 1.29 bits per heavy atom. The Labute approximate surface area is 127 Å². The number of hydrogen-bond donors (Lipinski definition) is 0. The van der Waals surface area contributed by atoms with Gasteiger partial charge in [-0.15, -0.1) is 0 Å². The molecule has 0 unspecified atom stereocenters. The maximum atomic E-state index is 12.0. The van der Waals surface area contributed by atoms with Crippen molar-refractivity contribution in [1.29, 1.82) is 0 Å². The number of carbonyl (C=O) groups excluding carboxylic acids is 1. The van der Waals surface area contributed by atoms with Crippen molar-refractivity contribution in [3.63, 3.8) is 0 Å². The fraction of sp³-hybridized carbons (Fsp3) is 0.688. The minimum absolute atomic E-state index is 0.106. The van der Waals surface area contributed by atoms with Crippen LogP contribution in [0.2, 0.25) is 0 Å². The Balaban J connectivity index is 3.35. The molecule has 0 N–H and O–H groups in total. The van der Waals surface area contributed by atoms with E-state index in [0.29, 0.717) is 23.7 Å². The number of methoxy groups -OCH3 is 1. The molecule has 0 saturated carbocycles. The average Bonchev–Trinajstić information content (AvgIpc) is 2.49. The van der Waals surface area contributed by atoms with Gasteiger partial charge in [-0.1, -0.05) is 27.7 Å². The Bertz CT molecular complexity index is 474. The van der Waals surface area contributed by atoms with Crippen LogP contribution in [0.25, 0.3) is 0 Å². The summed E-state index contributed by atoms with van der Waals surface area (Å²) in [5.41, 5.74) is 0.645. The molecule has 0 atom stereocenters. The van der Waals surface area contributed by atoms with Crippen molar-refractivity contribution >= 4 is 5.97 Å². The molecule has 0 spiro atoms. The minimum atomic E-state index is -0.503. The molecule has 0 aliphatic heterocycles. The Morgan fingerprint density at radius 2 is 1.90 bits per heavy atom. The second-order valence-corrected chi connectivity index (χ2v) is 5.27. The number of aromatic nitrogens is 2. The minimum Gasteiger partial charge on any atom is -0.462 e. The third kappa shape index (κ3) is 3.59. The lowest BCUT2D eigenvalue weighted by Crippen LogP contribution is -2.30. The van der Waals surface area contributed by atoms with Crippen molar-refractivity contribution in [2.45, 2.75) is 59.0 Å². The summed E-state index contributed by atoms with van der Waals surface area (Å²) in [6.07, 6.45) is 3.11. The normalized spacial score (nSPS) is 11.8. The molecule has 5 heteroatoms. The first kappa shape index (κ1) is 17.6. The van der Waals surface area contributed by atoms with Crippen molar-refractivity contribution in [1.82, 2.24) is 9.97 Å². The van der Waals surface area contributed by atoms with E-state index in [1.165, 1.54) is 0 Å². The number of rotatable bonds is 7. The van der Waals surface area contributed by atoms with Gasteiger partial charge in [-0.3, -0.25) is 0 Å². The van der Waals surface area contributed by atoms with Crippen molar-refractivity contribution in [2.75, 3.05) is 13.7 Å². The Hall–Kier alpha value is -1.49. The van der Waals surface area contributed by atoms with Crippen LogP contribution in [0.1, 0.15) is 75.3 Å². The van der Waals surface area contributed by atoms with E-state index in [1.54, 1.807) is 20.2 Å². The first-order valence-electron chi connectivity index (χ1n) is 7.55. The van der Waals surface area contributed by atoms with Gasteiger partial charge in [0.15, 0.2) is 5.82 Å². The van der Waals surface area contributed by atoms with Gasteiger partial charge in [0, 0.05) is 13.3 Å². The third-order valence-electron chi connectivity index (χ3n) is 3.80. The second kappa shape index (κ2) is 7.50. The molecule has 5 nitrogen and oxygen atoms in total. The van der Waals surface area contributed by atoms with Crippen molar-refractivity contribution in [3.05, 3.63) is 23.3 Å². The van der Waals surface area contributed by atoms with Crippen LogP contribution in [-0.2, 0) is 15.1 Å². The SMILES string of the molecule is CCOC(=O)c1cnc(C(CC)(CC)OC)nc1C(C)C. The second-order valence-electron chi connectivity index (χ2n) is 5.27. The van der Waals surface area contributed by atoms with Crippen LogP contribution in [0, 0.1) is 0 Å². The summed E-state index contributed by atoms with van der Waals surface area (Å²) in [5.74, 6) is 0.366. The molecule has 0 bridgehead atoms. The van der Waals surface area contributed by atoms with Gasteiger partial charge in [0.1, 0.15) is 5.60 Å². The lowest BCUT2D eigenvalue weighted by Gasteiger charge is -2.29. The summed E-state index contributed by atoms with van der Waals surface area (Å²) in [7, 11) is 1.67. The van der Waals surface area contributed by atoms with E-state index in [-0.39, 0.29) is 11.9 Å². The van der Waals surface area contributed by atoms with E-state index in [0.717, 1.165) is 12.8 Å². The summed E-state index contributed by atoms with van der Waals surface area (Å²) in [4.78, 5) is 21.0. The van der Waals surface area contributed by atoms with Gasteiger partial charge in [0.25, 0.3) is 0 Å². The molecule has 1 aromatic rings. The summed E-state index contributed by atoms with van der Waals surface area (Å²) >= 11 is 0. The van der Waals surface area contributed by atoms with Crippen LogP contribution in [-0.4, -0.2) is 29.7 Å². The van der Waals surface area contributed by atoms with Crippen molar-refractivity contribution in [3.8, 4) is 0 Å². The molecule has 0 aliphatic carbocycles. The molecule has 0 aliphatic rings. The van der Waals surface area contributed by atoms with E-state index < -0.39 is 5.60 Å². The van der Waals surface area contributed by atoms with Gasteiger partial charge >= 0.3 is 5.97 Å². The fourth-order valence-corrected chi connectivity index (χ4v) is 2.37. The first-order chi connectivity index (χ1) is 9.95. The van der Waals surface area contributed by atoms with Crippen LogP contribution >= 0.6 is 0 Å². The molecular formula is C16H26N2O3. The molecule has 0 fully saturated rings. The van der Waals surface area contributed by atoms with Gasteiger partial charge < -0.3 is 9.47 Å². The highest BCUT2D eigenvalue weighted by atomic mass is 16.5. The maximum Gasteiger partial charge on any atom is 0.341 e. The highest BCUT2D eigenvalue weighted by molar-refractivity contribution is 5.90. The zero-order chi connectivity index (χ0) is 16.0. The molecule has 1 heterocycles. The summed E-state index contributed by atoms with van der Waals surface area (Å²) in [5, 5.41) is 0. The molecule has 1 rings (SSSR count). The molecule has 118 valence electrons. The predicted octanol–water partition coefficient (Wildman–Crippen LogP) is 3.44. The summed E-state index contributed by atoms with van der Waals surface area (Å²) < 4.78 is 10.7. The molecule has 0 amide bonds. The zero-order valence-corrected chi connectivity index (χ0v) is 13.9. The largest absolute Gasteiger partial charge is 0.462 e. The fourth-order valence-electron chi connectivity index (χ4n) is 2.37. The topological polar surface area (TPSA) is 61.3 Å². The number of esters is 1. The van der Waals surface area contributed by atoms with Gasteiger partial charge in [0.2, 0.25) is 0 Å². The van der Waals surface area contributed by atoms with Gasteiger partial charge in [0.05, 0.1) is 17.9 Å². The smallest absolute Gasteiger partial charge is 0.341 e. The maximum absolute atomic E-state index is 12.0. The van der Waals surface area contributed by atoms with E-state index in [9.17, 15) is 4.79 Å². The first-order valence-corrected chi connectivity index (χ1v) is 7.55. The quantitative estimate of drug-likeness (QED) is 0.721. The van der Waals surface area contributed by atoms with E-state index in [4.69, 9.17) is 9.47 Å². The zero-order valence-electron chi connectivity index (χ0n) is 13.9. The number of ether oxygens (including phenoxy) is 2. The number of hydrogen-bond acceptors (Lipinski definition) is 5. The molecule has 21 heavy (non-hydrogen) atoms. The van der Waals surface area contributed by atoms with E-state index in [2.05, 4.69) is 9.97 Å². The Kier molecular flexibility index (Phi) is 6.27. The van der Waals surface area contributed by atoms with Crippen LogP contribution < -0.4 is 0 Å². The number of nitrogens with zero attached hydrogens (tertiary/aromatic N) is 2. The monoisotopic (exact) mass is 294 g/mol. The predicted molar refractivity (Wildman–Crippen MR) is 81.3 cm³/mol. The standard InChI is InChI=1S/C16H26N2O3/c1-7-16(8-2,20-6)15-17-10-12(14(19)21-9-3)13(18-15)11(4)5/h10-11H,7-9H2,1-6H3. The highest BCUT2D eigenvalue weighted by Crippen LogP contribution is 2.31. The number of carbonyl (C=O) groups is 1. The highest BCUT2D eigenvalue weighted by Gasteiger charge is 2.33. The van der Waals surface area contributed by atoms with Crippen LogP contribution in [0.4, 0.5) is 0 Å². The van der Waals surface area contributed by atoms with E-state index in [1.807, 2.05) is 27.7 Å². The van der Waals surface area contributed by atoms with Gasteiger partial charge in [-0.2, -0.15) is 0 Å². The Morgan fingerprint density at radius 3 is 2.33 bits per heavy atom. The van der Waals surface area contributed by atoms with Crippen LogP contribution in [0.3, 0.4) is 0 Å². The van der Waals surface area contributed by atoms with Crippen LogP contribution in [0.15, 0.2) is 6.20 Å². The van der Waals surface area contributed by atoms with E-state index >= 15 is 0 Å². The third-order valence-corrected chi connectivity index (χ3v) is 3.80. The molecular weight excluding hydrogens is 268 g/mol. The van der Waals surface area contributed by atoms with Gasteiger partial charge in [-0.05, 0) is 25.7 Å². The van der Waals surface area contributed by atoms with Gasteiger partial charge in [-0.25, -0.2) is 14.8 Å². The molecule has 0 radical (unpaired) electrons. The average molecular weight is 294 g/mol. The molecule has 0 saturated heterocycles. The summed E-state index contributed by atoms with van der Waals surface area (Å²) in [6.45, 7) is 10.2. The van der Waals surface area contributed by atoms with Crippen molar-refractivity contribution < 1.29 is 14.3 Å². The lowest BCUT2D eigenvalue weighted by molar-refractivity contribution is -0.0294. The molecule has 1 aromatic heterocycles. The molecule has 0 aromatic carbocycles. The van der Waals surface area contributed by atoms with Crippen molar-refractivity contribution in [2.24, 2.45) is 0 Å². The van der Waals surface area contributed by atoms with Crippen LogP contribution in [0.5, 0.6) is 0 Å². The lowest BCUT2D eigenvalue weighted by atomic mass is 9.95. The summed E-state index contributed by atoms with van der Waals surface area (Å²) in [6, 6.07) is 0.